The summed E-state index contributed by atoms with van der Waals surface area (Å²) in [4.78, 5) is 15.1. The van der Waals surface area contributed by atoms with Gasteiger partial charge >= 0.3 is 5.97 Å². The third kappa shape index (κ3) is 4.77. The smallest absolute Gasteiger partial charge is 0.340 e. The van der Waals surface area contributed by atoms with Crippen molar-refractivity contribution >= 4 is 21.7 Å². The molecule has 0 unspecified atom stereocenters. The highest BCUT2D eigenvalue weighted by molar-refractivity contribution is 7.89. The molecule has 1 saturated heterocycles. The van der Waals surface area contributed by atoms with Gasteiger partial charge in [-0.05, 0) is 30.7 Å². The van der Waals surface area contributed by atoms with Gasteiger partial charge in [-0.2, -0.15) is 0 Å². The van der Waals surface area contributed by atoms with Crippen LogP contribution in [0.2, 0.25) is 0 Å². The van der Waals surface area contributed by atoms with E-state index in [9.17, 15) is 13.2 Å². The minimum atomic E-state index is -3.68. The monoisotopic (exact) mass is 418 g/mol. The minimum absolute atomic E-state index is 0.0545. The van der Waals surface area contributed by atoms with Crippen LogP contribution >= 0.6 is 0 Å². The summed E-state index contributed by atoms with van der Waals surface area (Å²) in [5, 5.41) is 0. The van der Waals surface area contributed by atoms with Crippen LogP contribution in [0.3, 0.4) is 0 Å². The fraction of sp³-hybridized carbons (Fsp3) is 0.381. The van der Waals surface area contributed by atoms with E-state index in [0.29, 0.717) is 32.0 Å². The number of carbonyl (C=O) groups excluding carboxylic acids is 1. The lowest BCUT2D eigenvalue weighted by Crippen LogP contribution is -2.37. The quantitative estimate of drug-likeness (QED) is 0.672. The number of ether oxygens (including phenoxy) is 2. The van der Waals surface area contributed by atoms with Crippen molar-refractivity contribution in [2.24, 2.45) is 0 Å². The largest absolute Gasteiger partial charge is 0.454 e. The van der Waals surface area contributed by atoms with Gasteiger partial charge in [0.2, 0.25) is 10.0 Å². The molecule has 3 rings (SSSR count). The van der Waals surface area contributed by atoms with Crippen LogP contribution in [0.4, 0.5) is 5.69 Å². The van der Waals surface area contributed by atoms with Crippen LogP contribution in [-0.2, 0) is 19.5 Å². The molecule has 7 nitrogen and oxygen atoms in total. The summed E-state index contributed by atoms with van der Waals surface area (Å²) in [6, 6.07) is 14.0. The van der Waals surface area contributed by atoms with Crippen LogP contribution in [0.1, 0.15) is 28.9 Å². The topological polar surface area (TPSA) is 76.2 Å². The fourth-order valence-corrected chi connectivity index (χ4v) is 4.07. The SMILES string of the molecule is C[C@@H](OC(=O)c1cc(S(=O)(=O)N(C)C)ccc1N1CCOCC1)c1ccccc1. The van der Waals surface area contributed by atoms with E-state index in [1.807, 2.05) is 35.2 Å². The molecule has 2 aromatic rings. The van der Waals surface area contributed by atoms with Crippen molar-refractivity contribution < 1.29 is 22.7 Å². The Hall–Kier alpha value is -2.42. The number of carbonyl (C=O) groups is 1. The van der Waals surface area contributed by atoms with Crippen molar-refractivity contribution in [1.29, 1.82) is 0 Å². The molecule has 0 spiro atoms. The molecule has 2 aromatic carbocycles. The maximum Gasteiger partial charge on any atom is 0.340 e. The van der Waals surface area contributed by atoms with Gasteiger partial charge in [0, 0.05) is 27.2 Å². The van der Waals surface area contributed by atoms with Gasteiger partial charge in [0.15, 0.2) is 0 Å². The standard InChI is InChI=1S/C21H26N2O5S/c1-16(17-7-5-4-6-8-17)28-21(24)19-15-18(29(25,26)22(2)3)9-10-20(19)23-11-13-27-14-12-23/h4-10,15-16H,11-14H2,1-3H3/t16-/m1/s1. The average Bonchev–Trinajstić information content (AvgIpc) is 2.74. The maximum absolute atomic E-state index is 13.1. The molecule has 1 aliphatic heterocycles. The molecule has 0 aromatic heterocycles. The number of hydrogen-bond donors (Lipinski definition) is 0. The molecule has 1 aliphatic rings. The number of morpholine rings is 1. The molecular weight excluding hydrogens is 392 g/mol. The van der Waals surface area contributed by atoms with Gasteiger partial charge in [-0.3, -0.25) is 0 Å². The first-order valence-electron chi connectivity index (χ1n) is 9.46. The van der Waals surface area contributed by atoms with Crippen molar-refractivity contribution in [3.05, 3.63) is 59.7 Å². The van der Waals surface area contributed by atoms with E-state index in [-0.39, 0.29) is 10.5 Å². The van der Waals surface area contributed by atoms with Crippen LogP contribution in [-0.4, -0.2) is 59.1 Å². The predicted molar refractivity (Wildman–Crippen MR) is 111 cm³/mol. The zero-order valence-electron chi connectivity index (χ0n) is 16.9. The molecule has 1 atom stereocenters. The molecule has 1 heterocycles. The number of nitrogens with zero attached hydrogens (tertiary/aromatic N) is 2. The molecule has 8 heteroatoms. The lowest BCUT2D eigenvalue weighted by molar-refractivity contribution is 0.0337. The van der Waals surface area contributed by atoms with Crippen LogP contribution in [0, 0.1) is 0 Å². The molecule has 0 saturated carbocycles. The molecule has 0 radical (unpaired) electrons. The van der Waals surface area contributed by atoms with E-state index in [2.05, 4.69) is 0 Å². The van der Waals surface area contributed by atoms with E-state index in [0.717, 1.165) is 9.87 Å². The second-order valence-corrected chi connectivity index (χ2v) is 9.18. The molecule has 0 aliphatic carbocycles. The van der Waals surface area contributed by atoms with Gasteiger partial charge in [0.25, 0.3) is 0 Å². The van der Waals surface area contributed by atoms with E-state index in [1.165, 1.54) is 26.2 Å². The van der Waals surface area contributed by atoms with Crippen LogP contribution in [0.25, 0.3) is 0 Å². The highest BCUT2D eigenvalue weighted by Gasteiger charge is 2.26. The zero-order chi connectivity index (χ0) is 21.0. The first kappa shape index (κ1) is 21.3. The highest BCUT2D eigenvalue weighted by atomic mass is 32.2. The Labute approximate surface area is 171 Å². The number of hydrogen-bond acceptors (Lipinski definition) is 6. The zero-order valence-corrected chi connectivity index (χ0v) is 17.7. The summed E-state index contributed by atoms with van der Waals surface area (Å²) in [6.07, 6.45) is -0.463. The van der Waals surface area contributed by atoms with Crippen molar-refractivity contribution in [2.45, 2.75) is 17.9 Å². The maximum atomic E-state index is 13.1. The van der Waals surface area contributed by atoms with E-state index in [1.54, 1.807) is 13.0 Å². The first-order valence-corrected chi connectivity index (χ1v) is 10.9. The lowest BCUT2D eigenvalue weighted by Gasteiger charge is -2.30. The van der Waals surface area contributed by atoms with Crippen molar-refractivity contribution in [2.75, 3.05) is 45.3 Å². The summed E-state index contributed by atoms with van der Waals surface area (Å²) >= 11 is 0. The summed E-state index contributed by atoms with van der Waals surface area (Å²) in [5.41, 5.74) is 1.75. The second kappa shape index (κ2) is 8.94. The third-order valence-electron chi connectivity index (χ3n) is 4.87. The normalized spacial score (nSPS) is 15.9. The summed E-state index contributed by atoms with van der Waals surface area (Å²) < 4.78 is 37.3. The minimum Gasteiger partial charge on any atom is -0.454 e. The van der Waals surface area contributed by atoms with E-state index >= 15 is 0 Å². The van der Waals surface area contributed by atoms with E-state index < -0.39 is 22.1 Å². The molecule has 156 valence electrons. The van der Waals surface area contributed by atoms with E-state index in [4.69, 9.17) is 9.47 Å². The number of rotatable bonds is 6. The Bertz CT molecular complexity index is 954. The number of anilines is 1. The molecule has 29 heavy (non-hydrogen) atoms. The number of esters is 1. The Morgan fingerprint density at radius 3 is 2.38 bits per heavy atom. The average molecular weight is 419 g/mol. The Morgan fingerprint density at radius 2 is 1.76 bits per heavy atom. The fourth-order valence-electron chi connectivity index (χ4n) is 3.15. The highest BCUT2D eigenvalue weighted by Crippen LogP contribution is 2.28. The van der Waals surface area contributed by atoms with Crippen molar-refractivity contribution in [3.63, 3.8) is 0 Å². The lowest BCUT2D eigenvalue weighted by atomic mass is 10.1. The van der Waals surface area contributed by atoms with Gasteiger partial charge in [-0.1, -0.05) is 30.3 Å². The summed E-state index contributed by atoms with van der Waals surface area (Å²) in [6.45, 7) is 4.13. The van der Waals surface area contributed by atoms with Crippen LogP contribution in [0.15, 0.2) is 53.4 Å². The Morgan fingerprint density at radius 1 is 1.10 bits per heavy atom. The molecule has 0 amide bonds. The summed E-state index contributed by atoms with van der Waals surface area (Å²) in [7, 11) is -0.761. The van der Waals surface area contributed by atoms with Gasteiger partial charge in [0.05, 0.1) is 29.4 Å². The van der Waals surface area contributed by atoms with Crippen molar-refractivity contribution in [3.8, 4) is 0 Å². The Kier molecular flexibility index (Phi) is 6.56. The summed E-state index contributed by atoms with van der Waals surface area (Å²) in [5.74, 6) is -0.557. The Balaban J connectivity index is 1.97. The molecule has 0 N–H and O–H groups in total. The second-order valence-electron chi connectivity index (χ2n) is 7.02. The number of benzene rings is 2. The van der Waals surface area contributed by atoms with Crippen molar-refractivity contribution in [1.82, 2.24) is 4.31 Å². The van der Waals surface area contributed by atoms with Gasteiger partial charge < -0.3 is 14.4 Å². The van der Waals surface area contributed by atoms with Gasteiger partial charge in [-0.15, -0.1) is 0 Å². The molecular formula is C21H26N2O5S. The molecule has 1 fully saturated rings. The van der Waals surface area contributed by atoms with Crippen LogP contribution in [0.5, 0.6) is 0 Å². The molecule has 0 bridgehead atoms. The first-order chi connectivity index (χ1) is 13.8. The van der Waals surface area contributed by atoms with Crippen LogP contribution < -0.4 is 4.90 Å². The van der Waals surface area contributed by atoms with Gasteiger partial charge in [-0.25, -0.2) is 17.5 Å². The van der Waals surface area contributed by atoms with Gasteiger partial charge in [0.1, 0.15) is 6.10 Å². The predicted octanol–water partition coefficient (Wildman–Crippen LogP) is 2.69. The number of sulfonamides is 1. The third-order valence-corrected chi connectivity index (χ3v) is 6.68.